The van der Waals surface area contributed by atoms with E-state index < -0.39 is 11.2 Å². The Bertz CT molecular complexity index is 1280. The van der Waals surface area contributed by atoms with E-state index in [2.05, 4.69) is 34.6 Å². The molecule has 0 aromatic carbocycles. The van der Waals surface area contributed by atoms with Crippen LogP contribution >= 0.6 is 0 Å². The first-order valence-electron chi connectivity index (χ1n) is 19.0. The topological polar surface area (TPSA) is 104 Å². The summed E-state index contributed by atoms with van der Waals surface area (Å²) in [5.41, 5.74) is 0.0631. The fraction of sp³-hybridized carbons (Fsp3) is 0.900. The van der Waals surface area contributed by atoms with E-state index in [-0.39, 0.29) is 33.4 Å². The van der Waals surface area contributed by atoms with Gasteiger partial charge in [0.05, 0.1) is 24.1 Å². The van der Waals surface area contributed by atoms with E-state index in [1.807, 2.05) is 6.92 Å². The van der Waals surface area contributed by atoms with Crippen LogP contribution in [0.2, 0.25) is 0 Å². The molecule has 8 rings (SSSR count). The van der Waals surface area contributed by atoms with E-state index >= 15 is 0 Å². The predicted molar refractivity (Wildman–Crippen MR) is 178 cm³/mol. The van der Waals surface area contributed by atoms with Crippen molar-refractivity contribution in [2.24, 2.45) is 69.0 Å². The molecule has 46 heavy (non-hydrogen) atoms. The molecule has 1 aliphatic heterocycles. The van der Waals surface area contributed by atoms with Gasteiger partial charge in [0.1, 0.15) is 0 Å². The molecule has 0 aromatic heterocycles. The van der Waals surface area contributed by atoms with Crippen molar-refractivity contribution < 1.29 is 29.6 Å². The van der Waals surface area contributed by atoms with Gasteiger partial charge in [0.25, 0.3) is 0 Å². The lowest BCUT2D eigenvalue weighted by atomic mass is 9.44. The highest BCUT2D eigenvalue weighted by Crippen LogP contribution is 2.69. The number of hydrogen-bond donors (Lipinski definition) is 3. The van der Waals surface area contributed by atoms with Gasteiger partial charge in [0, 0.05) is 23.8 Å². The molecule has 7 aliphatic carbocycles. The third-order valence-corrected chi connectivity index (χ3v) is 17.7. The number of cyclic esters (lactones) is 1. The average Bonchev–Trinajstić information content (AvgIpc) is 3.40. The summed E-state index contributed by atoms with van der Waals surface area (Å²) in [7, 11) is 0. The maximum Gasteiger partial charge on any atom is 0.306 e. The second kappa shape index (κ2) is 10.8. The minimum Gasteiger partial charge on any atom is -0.515 e. The minimum atomic E-state index is -0.529. The van der Waals surface area contributed by atoms with E-state index in [1.54, 1.807) is 0 Å². The Labute approximate surface area is 277 Å². The summed E-state index contributed by atoms with van der Waals surface area (Å²) in [6, 6.07) is 0. The molecule has 8 fully saturated rings. The number of carbonyl (C=O) groups excluding carboxylic acids is 2. The van der Waals surface area contributed by atoms with E-state index in [1.165, 1.54) is 32.1 Å². The molecule has 1 heterocycles. The average molecular weight is 639 g/mol. The van der Waals surface area contributed by atoms with E-state index in [0.29, 0.717) is 72.4 Å². The maximum absolute atomic E-state index is 12.2. The van der Waals surface area contributed by atoms with Crippen LogP contribution in [0.3, 0.4) is 0 Å². The molecule has 6 nitrogen and oxygen atoms in total. The molecule has 8 aliphatic rings. The highest BCUT2D eigenvalue weighted by Gasteiger charge is 2.65. The number of fused-ring (bicyclic) bond motifs is 10. The van der Waals surface area contributed by atoms with Crippen molar-refractivity contribution in [1.82, 2.24) is 0 Å². The SMILES string of the molecule is C[C@]12C/C(=C/O)C(=O)C[C@@H]1CC[C@@H]1[C@@H]2CC[C@@]2(C)[C@H]1CC[C@]2(C)O.C[C@]12COC(=O)C[C@@H]1CC[C@@H]1[C@@H]2CC[C@@]2(C)[C@H]1CC[C@]2(C)O. The van der Waals surface area contributed by atoms with Gasteiger partial charge in [-0.3, -0.25) is 9.59 Å². The van der Waals surface area contributed by atoms with Crippen molar-refractivity contribution in [2.45, 2.75) is 149 Å². The zero-order valence-corrected chi connectivity index (χ0v) is 29.6. The molecule has 6 heteroatoms. The molecule has 0 spiro atoms. The van der Waals surface area contributed by atoms with Crippen LogP contribution in [0.1, 0.15) is 138 Å². The molecular formula is C40H62O6. The second-order valence-electron chi connectivity index (χ2n) is 19.2. The molecule has 1 saturated heterocycles. The Morgan fingerprint density at radius 3 is 1.63 bits per heavy atom. The quantitative estimate of drug-likeness (QED) is 0.141. The number of aliphatic hydroxyl groups is 3. The third kappa shape index (κ3) is 4.53. The van der Waals surface area contributed by atoms with Gasteiger partial charge < -0.3 is 20.1 Å². The van der Waals surface area contributed by atoms with E-state index in [4.69, 9.17) is 4.74 Å². The van der Waals surface area contributed by atoms with E-state index in [9.17, 15) is 24.9 Å². The molecule has 0 unspecified atom stereocenters. The van der Waals surface area contributed by atoms with Gasteiger partial charge in [-0.25, -0.2) is 0 Å². The monoisotopic (exact) mass is 638 g/mol. The Morgan fingerprint density at radius 2 is 1.11 bits per heavy atom. The van der Waals surface area contributed by atoms with Crippen LogP contribution in [0.25, 0.3) is 0 Å². The maximum atomic E-state index is 12.2. The number of ketones is 1. The molecule has 0 radical (unpaired) electrons. The number of aliphatic hydroxyl groups excluding tert-OH is 1. The summed E-state index contributed by atoms with van der Waals surface area (Å²) in [5.74, 6) is 5.10. The van der Waals surface area contributed by atoms with Gasteiger partial charge in [-0.1, -0.05) is 27.7 Å². The van der Waals surface area contributed by atoms with Crippen molar-refractivity contribution >= 4 is 11.8 Å². The fourth-order valence-electron chi connectivity index (χ4n) is 14.2. The molecule has 0 amide bonds. The predicted octanol–water partition coefficient (Wildman–Crippen LogP) is 7.94. The van der Waals surface area contributed by atoms with Gasteiger partial charge in [0.2, 0.25) is 0 Å². The Morgan fingerprint density at radius 1 is 0.630 bits per heavy atom. The number of ether oxygens (including phenoxy) is 1. The van der Waals surface area contributed by atoms with Crippen molar-refractivity contribution in [3.63, 3.8) is 0 Å². The summed E-state index contributed by atoms with van der Waals surface area (Å²) in [4.78, 5) is 23.9. The number of rotatable bonds is 0. The minimum absolute atomic E-state index is 0.00497. The summed E-state index contributed by atoms with van der Waals surface area (Å²) in [6.07, 6.45) is 16.6. The van der Waals surface area contributed by atoms with Crippen LogP contribution in [0.5, 0.6) is 0 Å². The number of carbonyl (C=O) groups is 2. The lowest BCUT2D eigenvalue weighted by molar-refractivity contribution is -0.186. The smallest absolute Gasteiger partial charge is 0.306 e. The van der Waals surface area contributed by atoms with Gasteiger partial charge in [0.15, 0.2) is 5.78 Å². The molecule has 258 valence electrons. The molecule has 14 atom stereocenters. The molecule has 0 aromatic rings. The van der Waals surface area contributed by atoms with Crippen LogP contribution in [0.15, 0.2) is 11.8 Å². The van der Waals surface area contributed by atoms with Gasteiger partial charge in [-0.05, 0) is 161 Å². The molecular weight excluding hydrogens is 576 g/mol. The van der Waals surface area contributed by atoms with Crippen molar-refractivity contribution in [2.75, 3.05) is 6.61 Å². The normalized spacial score (nSPS) is 56.7. The Kier molecular flexibility index (Phi) is 7.77. The van der Waals surface area contributed by atoms with E-state index in [0.717, 1.165) is 57.6 Å². The number of hydrogen-bond acceptors (Lipinski definition) is 6. The zero-order chi connectivity index (χ0) is 33.1. The first-order chi connectivity index (χ1) is 21.5. The standard InChI is InChI=1S/C21H32O3.C19H30O3/c1-19-11-13(12-22)18(23)10-14(19)4-5-15-16(19)6-8-20(2)17(15)7-9-21(20,3)24;1-17-11-22-16(20)10-12(17)4-5-13-14(17)6-8-18(2)15(13)7-9-19(18,3)21/h12,14-17,22,24H,4-11H2,1-3H3;12-15,21H,4-11H2,1-3H3/b13-12-;/t14-,15+,16-,17-,19-,20-,21-;12-,13+,14-,15-,17-,18-,19-/m00/s1. The summed E-state index contributed by atoms with van der Waals surface area (Å²) in [5, 5.41) is 31.4. The molecule has 0 bridgehead atoms. The Hall–Kier alpha value is -1.40. The van der Waals surface area contributed by atoms with Crippen LogP contribution in [-0.2, 0) is 14.3 Å². The van der Waals surface area contributed by atoms with Crippen LogP contribution in [-0.4, -0.2) is 44.9 Å². The largest absolute Gasteiger partial charge is 0.515 e. The number of Topliss-reactive ketones (excluding diaryl/α,β-unsaturated/α-hetero) is 1. The summed E-state index contributed by atoms with van der Waals surface area (Å²) >= 11 is 0. The second-order valence-corrected chi connectivity index (χ2v) is 19.2. The van der Waals surface area contributed by atoms with Crippen molar-refractivity contribution in [1.29, 1.82) is 0 Å². The van der Waals surface area contributed by atoms with Crippen LogP contribution in [0.4, 0.5) is 0 Å². The Balaban J connectivity index is 0.000000147. The van der Waals surface area contributed by atoms with Crippen LogP contribution < -0.4 is 0 Å². The van der Waals surface area contributed by atoms with Crippen LogP contribution in [0, 0.1) is 69.0 Å². The lowest BCUT2D eigenvalue weighted by Gasteiger charge is -2.61. The molecule has 7 saturated carbocycles. The van der Waals surface area contributed by atoms with Gasteiger partial charge >= 0.3 is 5.97 Å². The highest BCUT2D eigenvalue weighted by atomic mass is 16.5. The first kappa shape index (κ1) is 33.1. The zero-order valence-electron chi connectivity index (χ0n) is 29.6. The fourth-order valence-corrected chi connectivity index (χ4v) is 14.2. The third-order valence-electron chi connectivity index (χ3n) is 17.7. The van der Waals surface area contributed by atoms with Gasteiger partial charge in [-0.2, -0.15) is 0 Å². The number of allylic oxidation sites excluding steroid dienone is 1. The number of esters is 1. The summed E-state index contributed by atoms with van der Waals surface area (Å²) in [6.45, 7) is 14.1. The van der Waals surface area contributed by atoms with Gasteiger partial charge in [-0.15, -0.1) is 0 Å². The highest BCUT2D eigenvalue weighted by molar-refractivity contribution is 5.96. The van der Waals surface area contributed by atoms with Crippen molar-refractivity contribution in [3.8, 4) is 0 Å². The lowest BCUT2D eigenvalue weighted by Crippen LogP contribution is -2.57. The summed E-state index contributed by atoms with van der Waals surface area (Å²) < 4.78 is 5.49. The van der Waals surface area contributed by atoms with Crippen molar-refractivity contribution in [3.05, 3.63) is 11.8 Å². The first-order valence-corrected chi connectivity index (χ1v) is 19.0. The molecule has 3 N–H and O–H groups in total.